The summed E-state index contributed by atoms with van der Waals surface area (Å²) in [5, 5.41) is -0.202. The maximum absolute atomic E-state index is 11.9. The zero-order valence-corrected chi connectivity index (χ0v) is 10.0. The van der Waals surface area contributed by atoms with Gasteiger partial charge in [-0.25, -0.2) is 13.1 Å². The van der Waals surface area contributed by atoms with Gasteiger partial charge in [0.2, 0.25) is 10.0 Å². The molecule has 1 rings (SSSR count). The second-order valence-corrected chi connectivity index (χ2v) is 6.22. The fraction of sp³-hybridized carbons (Fsp3) is 0.818. The highest BCUT2D eigenvalue weighted by molar-refractivity contribution is 7.90. The highest BCUT2D eigenvalue weighted by Crippen LogP contribution is 2.23. The normalized spacial score (nSPS) is 20.8. The number of rotatable bonds is 4. The van der Waals surface area contributed by atoms with E-state index in [0.29, 0.717) is 6.42 Å². The number of hydrogen-bond donors (Lipinski definition) is 1. The Morgan fingerprint density at radius 2 is 2.00 bits per heavy atom. The smallest absolute Gasteiger partial charge is 0.212 e. The van der Waals surface area contributed by atoms with Gasteiger partial charge in [0.1, 0.15) is 0 Å². The first-order valence-corrected chi connectivity index (χ1v) is 7.05. The van der Waals surface area contributed by atoms with Gasteiger partial charge in [0.25, 0.3) is 0 Å². The van der Waals surface area contributed by atoms with Crippen LogP contribution in [0, 0.1) is 12.3 Å². The van der Waals surface area contributed by atoms with Crippen LogP contribution in [-0.2, 0) is 10.0 Å². The summed E-state index contributed by atoms with van der Waals surface area (Å²) in [4.78, 5) is 0. The zero-order valence-electron chi connectivity index (χ0n) is 9.20. The minimum absolute atomic E-state index is 0.151. The molecule has 1 unspecified atom stereocenters. The van der Waals surface area contributed by atoms with Crippen molar-refractivity contribution in [3.63, 3.8) is 0 Å². The Bertz CT molecular complexity index is 323. The van der Waals surface area contributed by atoms with Crippen molar-refractivity contribution in [3.05, 3.63) is 0 Å². The van der Waals surface area contributed by atoms with Crippen LogP contribution in [0.15, 0.2) is 0 Å². The highest BCUT2D eigenvalue weighted by atomic mass is 32.2. The molecule has 0 aromatic rings. The Morgan fingerprint density at radius 3 is 2.53 bits per heavy atom. The lowest BCUT2D eigenvalue weighted by Gasteiger charge is -2.23. The van der Waals surface area contributed by atoms with Gasteiger partial charge in [-0.1, -0.05) is 19.3 Å². The van der Waals surface area contributed by atoms with Crippen LogP contribution in [0.2, 0.25) is 0 Å². The maximum atomic E-state index is 11.9. The first kappa shape index (κ1) is 12.5. The van der Waals surface area contributed by atoms with E-state index >= 15 is 0 Å². The van der Waals surface area contributed by atoms with E-state index in [1.807, 2.05) is 0 Å². The van der Waals surface area contributed by atoms with Crippen LogP contribution in [0.3, 0.4) is 0 Å². The van der Waals surface area contributed by atoms with Crippen molar-refractivity contribution in [2.45, 2.75) is 56.7 Å². The van der Waals surface area contributed by atoms with E-state index in [0.717, 1.165) is 32.1 Å². The topological polar surface area (TPSA) is 46.2 Å². The van der Waals surface area contributed by atoms with Gasteiger partial charge in [0, 0.05) is 12.5 Å². The predicted octanol–water partition coefficient (Wildman–Crippen LogP) is 1.65. The number of nitrogens with one attached hydrogen (secondary N) is 1. The molecule has 0 aliphatic heterocycles. The summed E-state index contributed by atoms with van der Waals surface area (Å²) in [5.41, 5.74) is 0. The molecule has 0 saturated heterocycles. The molecular weight excluding hydrogens is 210 g/mol. The second-order valence-electron chi connectivity index (χ2n) is 4.23. The summed E-state index contributed by atoms with van der Waals surface area (Å²) < 4.78 is 26.4. The van der Waals surface area contributed by atoms with E-state index in [1.54, 1.807) is 6.92 Å². The molecule has 0 radical (unpaired) electrons. The van der Waals surface area contributed by atoms with Crippen molar-refractivity contribution in [2.75, 3.05) is 0 Å². The molecule has 0 bridgehead atoms. The van der Waals surface area contributed by atoms with E-state index in [4.69, 9.17) is 6.42 Å². The molecule has 3 nitrogen and oxygen atoms in total. The van der Waals surface area contributed by atoms with Crippen LogP contribution < -0.4 is 4.72 Å². The van der Waals surface area contributed by atoms with Gasteiger partial charge in [0.05, 0.1) is 5.25 Å². The lowest BCUT2D eigenvalue weighted by atomic mass is 10.0. The molecule has 1 saturated carbocycles. The fourth-order valence-corrected chi connectivity index (χ4v) is 3.76. The van der Waals surface area contributed by atoms with Crippen molar-refractivity contribution in [1.82, 2.24) is 4.72 Å². The SMILES string of the molecule is C#CCC(C)NS(=O)(=O)C1CCCCC1. The molecule has 0 spiro atoms. The van der Waals surface area contributed by atoms with E-state index in [-0.39, 0.29) is 11.3 Å². The van der Waals surface area contributed by atoms with Crippen LogP contribution in [0.25, 0.3) is 0 Å². The first-order valence-electron chi connectivity index (χ1n) is 5.51. The Balaban J connectivity index is 2.54. The van der Waals surface area contributed by atoms with Crippen molar-refractivity contribution < 1.29 is 8.42 Å². The van der Waals surface area contributed by atoms with Gasteiger partial charge in [0.15, 0.2) is 0 Å². The Hall–Kier alpha value is -0.530. The average molecular weight is 229 g/mol. The van der Waals surface area contributed by atoms with E-state index in [2.05, 4.69) is 10.6 Å². The molecule has 0 aromatic carbocycles. The van der Waals surface area contributed by atoms with Gasteiger partial charge < -0.3 is 0 Å². The molecule has 1 aliphatic carbocycles. The molecule has 4 heteroatoms. The largest absolute Gasteiger partial charge is 0.214 e. The standard InChI is InChI=1S/C11H19NO2S/c1-3-7-10(2)12-15(13,14)11-8-5-4-6-9-11/h1,10-12H,4-9H2,2H3. The van der Waals surface area contributed by atoms with Crippen LogP contribution >= 0.6 is 0 Å². The Kier molecular flexibility index (Phi) is 4.62. The van der Waals surface area contributed by atoms with Crippen LogP contribution in [-0.4, -0.2) is 19.7 Å². The van der Waals surface area contributed by atoms with Crippen molar-refractivity contribution in [2.24, 2.45) is 0 Å². The minimum Gasteiger partial charge on any atom is -0.212 e. The lowest BCUT2D eigenvalue weighted by Crippen LogP contribution is -2.40. The van der Waals surface area contributed by atoms with Crippen LogP contribution in [0.4, 0.5) is 0 Å². The molecular formula is C11H19NO2S. The summed E-state index contributed by atoms with van der Waals surface area (Å²) in [6.07, 6.45) is 10.4. The summed E-state index contributed by atoms with van der Waals surface area (Å²) >= 11 is 0. The number of sulfonamides is 1. The third-order valence-corrected chi connectivity index (χ3v) is 4.86. The summed E-state index contributed by atoms with van der Waals surface area (Å²) in [5.74, 6) is 2.47. The molecule has 15 heavy (non-hydrogen) atoms. The summed E-state index contributed by atoms with van der Waals surface area (Å²) in [6.45, 7) is 1.81. The first-order chi connectivity index (χ1) is 7.06. The van der Waals surface area contributed by atoms with E-state index < -0.39 is 10.0 Å². The Morgan fingerprint density at radius 1 is 1.40 bits per heavy atom. The van der Waals surface area contributed by atoms with Gasteiger partial charge in [-0.2, -0.15) is 0 Å². The van der Waals surface area contributed by atoms with E-state index in [1.165, 1.54) is 0 Å². The number of terminal acetylenes is 1. The van der Waals surface area contributed by atoms with Gasteiger partial charge in [-0.3, -0.25) is 0 Å². The molecule has 1 N–H and O–H groups in total. The summed E-state index contributed by atoms with van der Waals surface area (Å²) in [6, 6.07) is -0.151. The Labute approximate surface area is 92.7 Å². The van der Waals surface area contributed by atoms with Crippen LogP contribution in [0.1, 0.15) is 45.4 Å². The lowest BCUT2D eigenvalue weighted by molar-refractivity contribution is 0.472. The molecule has 86 valence electrons. The second kappa shape index (κ2) is 5.53. The van der Waals surface area contributed by atoms with Gasteiger partial charge >= 0.3 is 0 Å². The predicted molar refractivity (Wildman–Crippen MR) is 61.8 cm³/mol. The molecule has 1 aliphatic rings. The number of hydrogen-bond acceptors (Lipinski definition) is 2. The van der Waals surface area contributed by atoms with Gasteiger partial charge in [-0.15, -0.1) is 12.3 Å². The van der Waals surface area contributed by atoms with Crippen molar-refractivity contribution in [3.8, 4) is 12.3 Å². The van der Waals surface area contributed by atoms with Crippen molar-refractivity contribution >= 4 is 10.0 Å². The monoisotopic (exact) mass is 229 g/mol. The summed E-state index contributed by atoms with van der Waals surface area (Å²) in [7, 11) is -3.15. The molecule has 1 fully saturated rings. The molecule has 0 amide bonds. The zero-order chi connectivity index (χ0) is 11.3. The average Bonchev–Trinajstić information content (AvgIpc) is 2.18. The van der Waals surface area contributed by atoms with Crippen molar-refractivity contribution in [1.29, 1.82) is 0 Å². The van der Waals surface area contributed by atoms with Crippen LogP contribution in [0.5, 0.6) is 0 Å². The molecule has 0 aromatic heterocycles. The molecule has 0 heterocycles. The molecule has 1 atom stereocenters. The fourth-order valence-electron chi connectivity index (χ4n) is 1.97. The maximum Gasteiger partial charge on any atom is 0.214 e. The highest BCUT2D eigenvalue weighted by Gasteiger charge is 2.27. The minimum atomic E-state index is -3.15. The van der Waals surface area contributed by atoms with E-state index in [9.17, 15) is 8.42 Å². The van der Waals surface area contributed by atoms with Gasteiger partial charge in [-0.05, 0) is 19.8 Å². The third-order valence-electron chi connectivity index (χ3n) is 2.78. The third kappa shape index (κ3) is 3.84. The quantitative estimate of drug-likeness (QED) is 0.745.